The van der Waals surface area contributed by atoms with E-state index in [2.05, 4.69) is 0 Å². The van der Waals surface area contributed by atoms with Gasteiger partial charge in [-0.15, -0.1) is 11.8 Å². The van der Waals surface area contributed by atoms with Crippen molar-refractivity contribution in [1.29, 1.82) is 0 Å². The highest BCUT2D eigenvalue weighted by Crippen LogP contribution is 2.30. The first-order valence-corrected chi connectivity index (χ1v) is 8.99. The van der Waals surface area contributed by atoms with E-state index in [1.54, 1.807) is 0 Å². The molecule has 0 radical (unpaired) electrons. The van der Waals surface area contributed by atoms with E-state index < -0.39 is 23.4 Å². The summed E-state index contributed by atoms with van der Waals surface area (Å²) in [6.45, 7) is 5.58. The fourth-order valence-corrected chi connectivity index (χ4v) is 4.57. The molecule has 136 valence electrons. The molecule has 0 aromatic heterocycles. The van der Waals surface area contributed by atoms with Gasteiger partial charge in [-0.05, 0) is 13.8 Å². The molecule has 9 heteroatoms. The number of ether oxygens (including phenoxy) is 3. The van der Waals surface area contributed by atoms with Gasteiger partial charge in [0.2, 0.25) is 0 Å². The van der Waals surface area contributed by atoms with E-state index in [4.69, 9.17) is 14.2 Å². The summed E-state index contributed by atoms with van der Waals surface area (Å²) in [5.41, 5.74) is 0. The zero-order chi connectivity index (χ0) is 17.9. The van der Waals surface area contributed by atoms with Crippen LogP contribution in [0.25, 0.3) is 0 Å². The monoisotopic (exact) mass is 361 g/mol. The van der Waals surface area contributed by atoms with Crippen LogP contribution < -0.4 is 4.90 Å². The normalized spacial score (nSPS) is 33.2. The van der Waals surface area contributed by atoms with Crippen LogP contribution in [0.1, 0.15) is 13.8 Å². The second kappa shape index (κ2) is 8.17. The number of hydrogen-bond acceptors (Lipinski definition) is 7. The molecule has 0 saturated carbocycles. The summed E-state index contributed by atoms with van der Waals surface area (Å²) < 4.78 is 15.2. The SMILES string of the molecule is COC(=O)[C@H]1SC[C@@H](C(=O)OC)N1C(=O)C[NH+]1C[C@H](C)O[C@@H](C)C1. The second-order valence-corrected chi connectivity index (χ2v) is 7.25. The Balaban J connectivity index is 2.11. The maximum absolute atomic E-state index is 12.8. The third-order valence-electron chi connectivity index (χ3n) is 4.18. The van der Waals surface area contributed by atoms with Gasteiger partial charge in [-0.2, -0.15) is 0 Å². The minimum atomic E-state index is -0.804. The average molecular weight is 361 g/mol. The predicted molar refractivity (Wildman–Crippen MR) is 86.5 cm³/mol. The first-order valence-electron chi connectivity index (χ1n) is 7.94. The number of hydrogen-bond donors (Lipinski definition) is 1. The quantitative estimate of drug-likeness (QED) is 0.597. The molecule has 24 heavy (non-hydrogen) atoms. The number of quaternary nitrogens is 1. The van der Waals surface area contributed by atoms with Crippen molar-refractivity contribution >= 4 is 29.6 Å². The molecule has 0 aromatic carbocycles. The molecule has 0 spiro atoms. The summed E-state index contributed by atoms with van der Waals surface area (Å²) in [5.74, 6) is -0.967. The van der Waals surface area contributed by atoms with Crippen molar-refractivity contribution in [3.63, 3.8) is 0 Å². The van der Waals surface area contributed by atoms with E-state index in [9.17, 15) is 14.4 Å². The Bertz CT molecular complexity index is 468. The lowest BCUT2D eigenvalue weighted by molar-refractivity contribution is -0.907. The van der Waals surface area contributed by atoms with Crippen LogP contribution in [0.2, 0.25) is 0 Å². The van der Waals surface area contributed by atoms with Crippen LogP contribution in [-0.2, 0) is 28.6 Å². The second-order valence-electron chi connectivity index (χ2n) is 6.14. The molecule has 0 aromatic rings. The highest BCUT2D eigenvalue weighted by atomic mass is 32.2. The molecule has 4 atom stereocenters. The van der Waals surface area contributed by atoms with Gasteiger partial charge in [-0.25, -0.2) is 9.59 Å². The first kappa shape index (κ1) is 19.0. The number of morpholine rings is 1. The summed E-state index contributed by atoms with van der Waals surface area (Å²) in [6.07, 6.45) is 0.134. The lowest BCUT2D eigenvalue weighted by atomic mass is 10.2. The summed E-state index contributed by atoms with van der Waals surface area (Å²) in [5, 5.41) is -0.804. The van der Waals surface area contributed by atoms with Crippen LogP contribution in [0.15, 0.2) is 0 Å². The Labute approximate surface area is 145 Å². The van der Waals surface area contributed by atoms with Crippen molar-refractivity contribution in [2.45, 2.75) is 37.5 Å². The largest absolute Gasteiger partial charge is 0.467 e. The first-order chi connectivity index (χ1) is 11.4. The smallest absolute Gasteiger partial charge is 0.339 e. The lowest BCUT2D eigenvalue weighted by Crippen LogP contribution is -3.16. The van der Waals surface area contributed by atoms with Gasteiger partial charge in [0.25, 0.3) is 5.91 Å². The van der Waals surface area contributed by atoms with Crippen LogP contribution in [0.5, 0.6) is 0 Å². The van der Waals surface area contributed by atoms with Crippen molar-refractivity contribution in [3.05, 3.63) is 0 Å². The van der Waals surface area contributed by atoms with Gasteiger partial charge < -0.3 is 24.0 Å². The number of carbonyl (C=O) groups is 3. The molecule has 2 rings (SSSR count). The van der Waals surface area contributed by atoms with Crippen LogP contribution in [0, 0.1) is 0 Å². The minimum Gasteiger partial charge on any atom is -0.467 e. The highest BCUT2D eigenvalue weighted by molar-refractivity contribution is 8.00. The van der Waals surface area contributed by atoms with Crippen molar-refractivity contribution < 1.29 is 33.5 Å². The van der Waals surface area contributed by atoms with Gasteiger partial charge in [0.05, 0.1) is 14.2 Å². The summed E-state index contributed by atoms with van der Waals surface area (Å²) >= 11 is 1.22. The molecule has 0 aliphatic carbocycles. The zero-order valence-electron chi connectivity index (χ0n) is 14.4. The van der Waals surface area contributed by atoms with Crippen molar-refractivity contribution in [1.82, 2.24) is 4.90 Å². The highest BCUT2D eigenvalue weighted by Gasteiger charge is 2.47. The molecule has 1 amide bonds. The van der Waals surface area contributed by atoms with E-state index in [0.717, 1.165) is 4.90 Å². The van der Waals surface area contributed by atoms with Gasteiger partial charge in [-0.1, -0.05) is 0 Å². The van der Waals surface area contributed by atoms with E-state index in [1.807, 2.05) is 13.8 Å². The van der Waals surface area contributed by atoms with Crippen LogP contribution in [0.3, 0.4) is 0 Å². The standard InChI is InChI=1S/C15H24N2O6S/c1-9-5-16(6-10(2)23-9)7-12(18)17-11(14(19)21-3)8-24-13(17)15(20)22-4/h9-11,13H,5-8H2,1-4H3/p+1/t9-,10-,11-,13+/m0/s1. The molecular formula is C15H25N2O6S+. The fraction of sp³-hybridized carbons (Fsp3) is 0.800. The molecule has 2 heterocycles. The van der Waals surface area contributed by atoms with E-state index >= 15 is 0 Å². The zero-order valence-corrected chi connectivity index (χ0v) is 15.3. The van der Waals surface area contributed by atoms with Crippen LogP contribution in [-0.4, -0.2) is 86.0 Å². The maximum Gasteiger partial charge on any atom is 0.339 e. The number of nitrogens with zero attached hydrogens (tertiary/aromatic N) is 1. The minimum absolute atomic E-state index is 0.0670. The van der Waals surface area contributed by atoms with Crippen molar-refractivity contribution in [2.75, 3.05) is 39.6 Å². The molecule has 8 nitrogen and oxygen atoms in total. The fourth-order valence-electron chi connectivity index (χ4n) is 3.25. The number of rotatable bonds is 4. The molecule has 2 fully saturated rings. The molecular weight excluding hydrogens is 336 g/mol. The third-order valence-corrected chi connectivity index (χ3v) is 5.43. The number of carbonyl (C=O) groups excluding carboxylic acids is 3. The number of amides is 1. The van der Waals surface area contributed by atoms with Crippen LogP contribution >= 0.6 is 11.8 Å². The summed E-state index contributed by atoms with van der Waals surface area (Å²) in [4.78, 5) is 39.2. The van der Waals surface area contributed by atoms with E-state index in [1.165, 1.54) is 30.9 Å². The van der Waals surface area contributed by atoms with E-state index in [0.29, 0.717) is 18.8 Å². The number of methoxy groups -OCH3 is 2. The Morgan fingerprint density at radius 3 is 2.25 bits per heavy atom. The summed E-state index contributed by atoms with van der Waals surface area (Å²) in [6, 6.07) is -0.758. The Hall–Kier alpha value is -1.32. The number of nitrogens with one attached hydrogen (secondary N) is 1. The van der Waals surface area contributed by atoms with Gasteiger partial charge in [0, 0.05) is 5.75 Å². The molecule has 0 unspecified atom stereocenters. The van der Waals surface area contributed by atoms with Crippen molar-refractivity contribution in [2.24, 2.45) is 0 Å². The van der Waals surface area contributed by atoms with Gasteiger partial charge in [-0.3, -0.25) is 4.79 Å². The van der Waals surface area contributed by atoms with Gasteiger partial charge in [0.15, 0.2) is 11.9 Å². The predicted octanol–water partition coefficient (Wildman–Crippen LogP) is -1.71. The number of esters is 2. The average Bonchev–Trinajstić information content (AvgIpc) is 2.97. The maximum atomic E-state index is 12.8. The topological polar surface area (TPSA) is 86.6 Å². The Kier molecular flexibility index (Phi) is 6.47. The third kappa shape index (κ3) is 4.20. The molecule has 2 saturated heterocycles. The lowest BCUT2D eigenvalue weighted by Gasteiger charge is -2.34. The molecule has 1 N–H and O–H groups in total. The molecule has 0 bridgehead atoms. The van der Waals surface area contributed by atoms with Crippen molar-refractivity contribution in [3.8, 4) is 0 Å². The van der Waals surface area contributed by atoms with Gasteiger partial charge >= 0.3 is 11.9 Å². The van der Waals surface area contributed by atoms with Gasteiger partial charge in [0.1, 0.15) is 31.3 Å². The number of thioether (sulfide) groups is 1. The van der Waals surface area contributed by atoms with E-state index in [-0.39, 0.29) is 24.7 Å². The Morgan fingerprint density at radius 2 is 1.71 bits per heavy atom. The molecule has 2 aliphatic heterocycles. The van der Waals surface area contributed by atoms with Crippen LogP contribution in [0.4, 0.5) is 0 Å². The molecule has 2 aliphatic rings. The summed E-state index contributed by atoms with van der Waals surface area (Å²) in [7, 11) is 2.55. The Morgan fingerprint density at radius 1 is 1.12 bits per heavy atom.